The third-order valence-electron chi connectivity index (χ3n) is 3.40. The van der Waals surface area contributed by atoms with Crippen molar-refractivity contribution in [3.63, 3.8) is 0 Å². The molecule has 0 aliphatic carbocycles. The van der Waals surface area contributed by atoms with E-state index in [2.05, 4.69) is 15.3 Å². The summed E-state index contributed by atoms with van der Waals surface area (Å²) in [5, 5.41) is 5.18. The van der Waals surface area contributed by atoms with Gasteiger partial charge >= 0.3 is 5.97 Å². The van der Waals surface area contributed by atoms with Gasteiger partial charge in [-0.2, -0.15) is 5.10 Å². The van der Waals surface area contributed by atoms with Crippen LogP contribution >= 0.6 is 23.2 Å². The van der Waals surface area contributed by atoms with Gasteiger partial charge in [-0.25, -0.2) is 4.79 Å². The minimum absolute atomic E-state index is 0.258. The molecular weight excluding hydrogens is 391 g/mol. The van der Waals surface area contributed by atoms with Crippen LogP contribution in [0.25, 0.3) is 0 Å². The summed E-state index contributed by atoms with van der Waals surface area (Å²) in [5.74, 6) is 0.203. The smallest absolute Gasteiger partial charge is 0.343 e. The first-order valence-corrected chi connectivity index (χ1v) is 8.95. The summed E-state index contributed by atoms with van der Waals surface area (Å²) < 4.78 is 15.5. The Morgan fingerprint density at radius 1 is 1.19 bits per heavy atom. The van der Waals surface area contributed by atoms with Crippen LogP contribution in [0.2, 0.25) is 10.0 Å². The molecule has 0 aliphatic heterocycles. The van der Waals surface area contributed by atoms with E-state index in [4.69, 9.17) is 32.7 Å². The van der Waals surface area contributed by atoms with Crippen molar-refractivity contribution in [2.45, 2.75) is 13.5 Å². The van der Waals surface area contributed by atoms with Crippen LogP contribution in [0.5, 0.6) is 11.5 Å². The topological polar surface area (TPSA) is 69.1 Å². The average molecular weight is 411 g/mol. The molecule has 2 aromatic rings. The predicted molar refractivity (Wildman–Crippen MR) is 106 cm³/mol. The van der Waals surface area contributed by atoms with Crippen molar-refractivity contribution in [1.29, 1.82) is 0 Å². The highest BCUT2D eigenvalue weighted by molar-refractivity contribution is 6.32. The number of halogens is 2. The Balaban J connectivity index is 2.05. The fourth-order valence-electron chi connectivity index (χ4n) is 2.11. The van der Waals surface area contributed by atoms with Crippen LogP contribution in [0.3, 0.4) is 0 Å². The minimum atomic E-state index is -0.509. The van der Waals surface area contributed by atoms with E-state index in [1.54, 1.807) is 18.3 Å². The van der Waals surface area contributed by atoms with Gasteiger partial charge in [0, 0.05) is 5.02 Å². The van der Waals surface area contributed by atoms with E-state index < -0.39 is 5.97 Å². The molecule has 0 atom stereocenters. The van der Waals surface area contributed by atoms with E-state index >= 15 is 0 Å². The summed E-state index contributed by atoms with van der Waals surface area (Å²) in [6.45, 7) is 2.55. The molecular formula is C19H20Cl2N2O4. The molecule has 0 saturated carbocycles. The van der Waals surface area contributed by atoms with Crippen molar-refractivity contribution >= 4 is 35.4 Å². The molecule has 1 N–H and O–H groups in total. The molecule has 0 fully saturated rings. The van der Waals surface area contributed by atoms with Crippen LogP contribution in [-0.2, 0) is 16.1 Å². The third kappa shape index (κ3) is 6.66. The lowest BCUT2D eigenvalue weighted by Gasteiger charge is -2.13. The lowest BCUT2D eigenvalue weighted by molar-refractivity contribution is -0.142. The fourth-order valence-corrected chi connectivity index (χ4v) is 2.51. The Labute approximate surface area is 168 Å². The van der Waals surface area contributed by atoms with Gasteiger partial charge < -0.3 is 19.6 Å². The van der Waals surface area contributed by atoms with E-state index in [1.165, 1.54) is 7.11 Å². The molecule has 0 radical (unpaired) electrons. The van der Waals surface area contributed by atoms with Gasteiger partial charge in [0.2, 0.25) is 0 Å². The van der Waals surface area contributed by atoms with Crippen molar-refractivity contribution < 1.29 is 19.0 Å². The maximum absolute atomic E-state index is 11.3. The number of carbonyl (C=O) groups excluding carboxylic acids is 1. The minimum Gasteiger partial charge on any atom is -0.490 e. The van der Waals surface area contributed by atoms with E-state index in [-0.39, 0.29) is 12.4 Å². The lowest BCUT2D eigenvalue weighted by Crippen LogP contribution is -2.13. The van der Waals surface area contributed by atoms with Gasteiger partial charge in [-0.1, -0.05) is 35.3 Å². The number of hydrogen-bond acceptors (Lipinski definition) is 6. The fraction of sp³-hybridized carbons (Fsp3) is 0.263. The van der Waals surface area contributed by atoms with Crippen molar-refractivity contribution in [2.24, 2.45) is 5.10 Å². The van der Waals surface area contributed by atoms with Crippen molar-refractivity contribution in [3.05, 3.63) is 57.6 Å². The molecule has 0 spiro atoms. The Kier molecular flexibility index (Phi) is 8.23. The lowest BCUT2D eigenvalue weighted by atomic mass is 10.2. The van der Waals surface area contributed by atoms with E-state index in [0.717, 1.165) is 11.1 Å². The maximum Gasteiger partial charge on any atom is 0.343 e. The standard InChI is InChI=1S/C19H20Cl2N2O4/c1-3-26-17-9-14(8-16(21)19(17)27-12-18(24)25-2)11-23-22-10-13-4-6-15(20)7-5-13/h4-9,11,22H,3,10,12H2,1-2H3/b23-11-. The summed E-state index contributed by atoms with van der Waals surface area (Å²) in [6.07, 6.45) is 1.62. The van der Waals surface area contributed by atoms with Crippen molar-refractivity contribution in [1.82, 2.24) is 5.43 Å². The van der Waals surface area contributed by atoms with Gasteiger partial charge in [0.1, 0.15) is 0 Å². The molecule has 0 aromatic heterocycles. The van der Waals surface area contributed by atoms with Gasteiger partial charge in [-0.15, -0.1) is 0 Å². The van der Waals surface area contributed by atoms with Gasteiger partial charge in [-0.3, -0.25) is 0 Å². The first kappa shape index (κ1) is 20.9. The van der Waals surface area contributed by atoms with Crippen LogP contribution in [0, 0.1) is 0 Å². The average Bonchev–Trinajstić information content (AvgIpc) is 2.66. The summed E-state index contributed by atoms with van der Waals surface area (Å²) in [4.78, 5) is 11.3. The first-order chi connectivity index (χ1) is 13.0. The van der Waals surface area contributed by atoms with Crippen LogP contribution in [0.4, 0.5) is 0 Å². The van der Waals surface area contributed by atoms with Crippen LogP contribution in [0.15, 0.2) is 41.5 Å². The Hall–Kier alpha value is -2.44. The zero-order valence-corrected chi connectivity index (χ0v) is 16.5. The van der Waals surface area contributed by atoms with Crippen molar-refractivity contribution in [2.75, 3.05) is 20.3 Å². The van der Waals surface area contributed by atoms with Gasteiger partial charge in [-0.05, 0) is 42.3 Å². The van der Waals surface area contributed by atoms with Crippen LogP contribution in [0.1, 0.15) is 18.1 Å². The summed E-state index contributed by atoms with van der Waals surface area (Å²) in [5.41, 5.74) is 4.72. The van der Waals surface area contributed by atoms with Crippen molar-refractivity contribution in [3.8, 4) is 11.5 Å². The molecule has 8 heteroatoms. The summed E-state index contributed by atoms with van der Waals surface area (Å²) in [6, 6.07) is 10.9. The molecule has 0 saturated heterocycles. The Morgan fingerprint density at radius 3 is 2.59 bits per heavy atom. The molecule has 0 bridgehead atoms. The normalized spacial score (nSPS) is 10.7. The number of nitrogens with one attached hydrogen (secondary N) is 1. The quantitative estimate of drug-likeness (QED) is 0.383. The number of carbonyl (C=O) groups is 1. The van der Waals surface area contributed by atoms with Gasteiger partial charge in [0.05, 0.1) is 31.5 Å². The summed E-state index contributed by atoms with van der Waals surface area (Å²) in [7, 11) is 1.29. The number of hydrogen-bond donors (Lipinski definition) is 1. The zero-order valence-electron chi connectivity index (χ0n) is 15.0. The third-order valence-corrected chi connectivity index (χ3v) is 3.93. The molecule has 0 heterocycles. The highest BCUT2D eigenvalue weighted by atomic mass is 35.5. The molecule has 2 rings (SSSR count). The first-order valence-electron chi connectivity index (χ1n) is 8.19. The SMILES string of the molecule is CCOc1cc(/C=N\NCc2ccc(Cl)cc2)cc(Cl)c1OCC(=O)OC. The van der Waals surface area contributed by atoms with Crippen LogP contribution < -0.4 is 14.9 Å². The number of benzene rings is 2. The van der Waals surface area contributed by atoms with Gasteiger partial charge in [0.15, 0.2) is 18.1 Å². The number of methoxy groups -OCH3 is 1. The van der Waals surface area contributed by atoms with Gasteiger partial charge in [0.25, 0.3) is 0 Å². The molecule has 0 unspecified atom stereocenters. The number of esters is 1. The highest BCUT2D eigenvalue weighted by Gasteiger charge is 2.14. The molecule has 0 amide bonds. The second-order valence-electron chi connectivity index (χ2n) is 5.35. The zero-order chi connectivity index (χ0) is 19.6. The second kappa shape index (κ2) is 10.6. The number of hydrazone groups is 1. The maximum atomic E-state index is 11.3. The highest BCUT2D eigenvalue weighted by Crippen LogP contribution is 2.36. The second-order valence-corrected chi connectivity index (χ2v) is 6.19. The Bertz CT molecular complexity index is 795. The molecule has 0 aliphatic rings. The molecule has 144 valence electrons. The number of rotatable bonds is 9. The monoisotopic (exact) mass is 410 g/mol. The van der Waals surface area contributed by atoms with E-state index in [9.17, 15) is 4.79 Å². The van der Waals surface area contributed by atoms with Crippen LogP contribution in [-0.4, -0.2) is 32.5 Å². The predicted octanol–water partition coefficient (Wildman–Crippen LogP) is 4.07. The number of nitrogens with zero attached hydrogens (tertiary/aromatic N) is 1. The molecule has 6 nitrogen and oxygen atoms in total. The number of ether oxygens (including phenoxy) is 3. The summed E-state index contributed by atoms with van der Waals surface area (Å²) >= 11 is 12.1. The molecule has 2 aromatic carbocycles. The largest absolute Gasteiger partial charge is 0.490 e. The molecule has 27 heavy (non-hydrogen) atoms. The Morgan fingerprint density at radius 2 is 1.93 bits per heavy atom. The van der Waals surface area contributed by atoms with E-state index in [0.29, 0.717) is 28.9 Å². The van der Waals surface area contributed by atoms with E-state index in [1.807, 2.05) is 31.2 Å².